The number of hydrogen-bond acceptors (Lipinski definition) is 5. The standard InChI is InChI=1S/C17H18BrNO4/c1-12-3-5-15(6-4-12)22-7-8-23-17-13(11-19-20)9-14(18)10-16(17)21-2/h3-6,9-11,20H,7-8H2,1-2H3. The van der Waals surface area contributed by atoms with Crippen molar-refractivity contribution in [2.45, 2.75) is 6.92 Å². The minimum absolute atomic E-state index is 0.331. The topological polar surface area (TPSA) is 60.3 Å². The van der Waals surface area contributed by atoms with Crippen molar-refractivity contribution in [1.82, 2.24) is 0 Å². The predicted molar refractivity (Wildman–Crippen MR) is 92.2 cm³/mol. The maximum atomic E-state index is 8.77. The van der Waals surface area contributed by atoms with Crippen LogP contribution in [0.1, 0.15) is 11.1 Å². The summed E-state index contributed by atoms with van der Waals surface area (Å²) in [5.74, 6) is 1.84. The molecule has 0 fully saturated rings. The van der Waals surface area contributed by atoms with Crippen LogP contribution in [0.5, 0.6) is 17.2 Å². The van der Waals surface area contributed by atoms with Gasteiger partial charge in [-0.2, -0.15) is 0 Å². The Morgan fingerprint density at radius 3 is 2.48 bits per heavy atom. The molecule has 6 heteroatoms. The van der Waals surface area contributed by atoms with Crippen molar-refractivity contribution in [2.24, 2.45) is 5.16 Å². The summed E-state index contributed by atoms with van der Waals surface area (Å²) in [4.78, 5) is 0. The van der Waals surface area contributed by atoms with Gasteiger partial charge in [-0.25, -0.2) is 0 Å². The number of aryl methyl sites for hydroxylation is 1. The van der Waals surface area contributed by atoms with Crippen LogP contribution in [0.4, 0.5) is 0 Å². The maximum Gasteiger partial charge on any atom is 0.170 e. The number of oxime groups is 1. The van der Waals surface area contributed by atoms with Gasteiger partial charge in [-0.15, -0.1) is 0 Å². The minimum Gasteiger partial charge on any atom is -0.493 e. The molecular formula is C17H18BrNO4. The molecule has 1 N–H and O–H groups in total. The molecule has 0 atom stereocenters. The summed E-state index contributed by atoms with van der Waals surface area (Å²) in [5.41, 5.74) is 1.79. The molecule has 23 heavy (non-hydrogen) atoms. The Morgan fingerprint density at radius 2 is 1.83 bits per heavy atom. The van der Waals surface area contributed by atoms with Crippen LogP contribution in [0.3, 0.4) is 0 Å². The van der Waals surface area contributed by atoms with Gasteiger partial charge in [0.2, 0.25) is 0 Å². The van der Waals surface area contributed by atoms with Crippen molar-refractivity contribution in [3.05, 3.63) is 52.0 Å². The average molecular weight is 380 g/mol. The molecule has 0 aromatic heterocycles. The zero-order chi connectivity index (χ0) is 16.7. The average Bonchev–Trinajstić information content (AvgIpc) is 2.54. The smallest absolute Gasteiger partial charge is 0.170 e. The normalized spacial score (nSPS) is 10.7. The second-order valence-electron chi connectivity index (χ2n) is 4.78. The summed E-state index contributed by atoms with van der Waals surface area (Å²) in [6, 6.07) is 11.4. The Morgan fingerprint density at radius 1 is 1.13 bits per heavy atom. The first kappa shape index (κ1) is 17.1. The molecule has 2 aromatic carbocycles. The fraction of sp³-hybridized carbons (Fsp3) is 0.235. The van der Waals surface area contributed by atoms with Crippen molar-refractivity contribution in [3.8, 4) is 17.2 Å². The molecule has 2 rings (SSSR count). The van der Waals surface area contributed by atoms with Gasteiger partial charge in [0, 0.05) is 10.0 Å². The zero-order valence-electron chi connectivity index (χ0n) is 13.0. The molecule has 0 spiro atoms. The maximum absolute atomic E-state index is 8.77. The van der Waals surface area contributed by atoms with E-state index in [1.54, 1.807) is 19.2 Å². The third-order valence-electron chi connectivity index (χ3n) is 3.08. The molecule has 0 aliphatic rings. The molecule has 0 saturated heterocycles. The highest BCUT2D eigenvalue weighted by molar-refractivity contribution is 9.10. The van der Waals surface area contributed by atoms with E-state index in [1.807, 2.05) is 31.2 Å². The Kier molecular flexibility index (Phi) is 6.29. The van der Waals surface area contributed by atoms with Gasteiger partial charge >= 0.3 is 0 Å². The number of benzene rings is 2. The Balaban J connectivity index is 2.00. The van der Waals surface area contributed by atoms with Crippen LogP contribution in [0, 0.1) is 6.92 Å². The number of ether oxygens (including phenoxy) is 3. The summed E-state index contributed by atoms with van der Waals surface area (Å²) < 4.78 is 17.5. The van der Waals surface area contributed by atoms with Gasteiger partial charge in [0.15, 0.2) is 11.5 Å². The first-order valence-electron chi connectivity index (χ1n) is 7.01. The number of rotatable bonds is 7. The van der Waals surface area contributed by atoms with Crippen LogP contribution in [-0.2, 0) is 0 Å². The van der Waals surface area contributed by atoms with E-state index in [4.69, 9.17) is 19.4 Å². The van der Waals surface area contributed by atoms with Gasteiger partial charge in [-0.3, -0.25) is 0 Å². The lowest BCUT2D eigenvalue weighted by Crippen LogP contribution is -2.10. The van der Waals surface area contributed by atoms with Crippen LogP contribution in [0.2, 0.25) is 0 Å². The van der Waals surface area contributed by atoms with Crippen molar-refractivity contribution in [2.75, 3.05) is 20.3 Å². The number of methoxy groups -OCH3 is 1. The molecule has 122 valence electrons. The molecule has 0 unspecified atom stereocenters. The van der Waals surface area contributed by atoms with Gasteiger partial charge in [-0.05, 0) is 31.2 Å². The lowest BCUT2D eigenvalue weighted by atomic mass is 10.2. The third kappa shape index (κ3) is 4.89. The Labute approximate surface area is 143 Å². The summed E-state index contributed by atoms with van der Waals surface area (Å²) in [5, 5.41) is 11.8. The highest BCUT2D eigenvalue weighted by atomic mass is 79.9. The molecule has 0 aliphatic heterocycles. The van der Waals surface area contributed by atoms with Crippen LogP contribution in [0.15, 0.2) is 46.0 Å². The number of halogens is 1. The highest BCUT2D eigenvalue weighted by Crippen LogP contribution is 2.34. The van der Waals surface area contributed by atoms with E-state index < -0.39 is 0 Å². The predicted octanol–water partition coefficient (Wildman–Crippen LogP) is 4.03. The lowest BCUT2D eigenvalue weighted by molar-refractivity contribution is 0.211. The van der Waals surface area contributed by atoms with E-state index in [-0.39, 0.29) is 0 Å². The summed E-state index contributed by atoms with van der Waals surface area (Å²) in [6.45, 7) is 2.74. The van der Waals surface area contributed by atoms with Gasteiger partial charge in [0.05, 0.1) is 13.3 Å². The largest absolute Gasteiger partial charge is 0.493 e. The van der Waals surface area contributed by atoms with Gasteiger partial charge in [-0.1, -0.05) is 38.8 Å². The van der Waals surface area contributed by atoms with Crippen molar-refractivity contribution in [3.63, 3.8) is 0 Å². The molecule has 0 radical (unpaired) electrons. The summed E-state index contributed by atoms with van der Waals surface area (Å²) in [6.07, 6.45) is 1.30. The van der Waals surface area contributed by atoms with Gasteiger partial charge < -0.3 is 19.4 Å². The lowest BCUT2D eigenvalue weighted by Gasteiger charge is -2.14. The zero-order valence-corrected chi connectivity index (χ0v) is 14.5. The SMILES string of the molecule is COc1cc(Br)cc(C=NO)c1OCCOc1ccc(C)cc1. The van der Waals surface area contributed by atoms with Gasteiger partial charge in [0.25, 0.3) is 0 Å². The molecule has 2 aromatic rings. The molecule has 0 amide bonds. The fourth-order valence-electron chi connectivity index (χ4n) is 1.99. The van der Waals surface area contributed by atoms with E-state index in [9.17, 15) is 0 Å². The monoisotopic (exact) mass is 379 g/mol. The van der Waals surface area contributed by atoms with Crippen molar-refractivity contribution < 1.29 is 19.4 Å². The second-order valence-corrected chi connectivity index (χ2v) is 5.70. The molecule has 0 heterocycles. The van der Waals surface area contributed by atoms with E-state index in [1.165, 1.54) is 11.8 Å². The quantitative estimate of drug-likeness (QED) is 0.341. The molecule has 0 aliphatic carbocycles. The Hall–Kier alpha value is -2.21. The molecule has 0 saturated carbocycles. The second kappa shape index (κ2) is 8.43. The van der Waals surface area contributed by atoms with E-state index in [0.717, 1.165) is 10.2 Å². The fourth-order valence-corrected chi connectivity index (χ4v) is 2.45. The van der Waals surface area contributed by atoms with Crippen LogP contribution < -0.4 is 14.2 Å². The number of hydrogen-bond donors (Lipinski definition) is 1. The molecule has 0 bridgehead atoms. The third-order valence-corrected chi connectivity index (χ3v) is 3.54. The van der Waals surface area contributed by atoms with Crippen LogP contribution in [-0.4, -0.2) is 31.7 Å². The first-order valence-corrected chi connectivity index (χ1v) is 7.80. The van der Waals surface area contributed by atoms with Gasteiger partial charge in [0.1, 0.15) is 19.0 Å². The van der Waals surface area contributed by atoms with E-state index in [0.29, 0.717) is 30.3 Å². The number of nitrogens with zero attached hydrogens (tertiary/aromatic N) is 1. The summed E-state index contributed by atoms with van der Waals surface area (Å²) in [7, 11) is 1.55. The van der Waals surface area contributed by atoms with Crippen molar-refractivity contribution >= 4 is 22.1 Å². The minimum atomic E-state index is 0.331. The van der Waals surface area contributed by atoms with Crippen LogP contribution in [0.25, 0.3) is 0 Å². The molecule has 5 nitrogen and oxygen atoms in total. The Bertz CT molecular complexity index is 671. The van der Waals surface area contributed by atoms with E-state index in [2.05, 4.69) is 21.1 Å². The highest BCUT2D eigenvalue weighted by Gasteiger charge is 2.12. The first-order chi connectivity index (χ1) is 11.1. The summed E-state index contributed by atoms with van der Waals surface area (Å²) >= 11 is 3.37. The van der Waals surface area contributed by atoms with Crippen LogP contribution >= 0.6 is 15.9 Å². The van der Waals surface area contributed by atoms with E-state index >= 15 is 0 Å². The molecular weight excluding hydrogens is 362 g/mol. The van der Waals surface area contributed by atoms with Crippen molar-refractivity contribution in [1.29, 1.82) is 0 Å².